The minimum Gasteiger partial charge on any atom is -0.332 e. The lowest BCUT2D eigenvalue weighted by Crippen LogP contribution is -2.41. The summed E-state index contributed by atoms with van der Waals surface area (Å²) >= 11 is 0. The number of aromatic nitrogens is 3. The number of carbonyl (C=O) groups is 1. The minimum absolute atomic E-state index is 0.114. The second kappa shape index (κ2) is 7.47. The Balaban J connectivity index is 2.09. The van der Waals surface area contributed by atoms with Crippen LogP contribution in [0.2, 0.25) is 0 Å². The Morgan fingerprint density at radius 1 is 1.21 bits per heavy atom. The molecule has 2 unspecified atom stereocenters. The van der Waals surface area contributed by atoms with Gasteiger partial charge in [0, 0.05) is 25.0 Å². The Bertz CT molecular complexity index is 707. The highest BCUT2D eigenvalue weighted by molar-refractivity contribution is 5.75. The molecule has 130 valence electrons. The van der Waals surface area contributed by atoms with Crippen LogP contribution < -0.4 is 10.6 Å². The molecule has 24 heavy (non-hydrogen) atoms. The predicted molar refractivity (Wildman–Crippen MR) is 94.6 cm³/mol. The number of urea groups is 1. The summed E-state index contributed by atoms with van der Waals surface area (Å²) in [6, 6.07) is 3.47. The fourth-order valence-corrected chi connectivity index (χ4v) is 2.87. The third-order valence-electron chi connectivity index (χ3n) is 4.16. The van der Waals surface area contributed by atoms with Gasteiger partial charge in [-0.25, -0.2) is 4.79 Å². The molecule has 2 aromatic rings. The zero-order valence-electron chi connectivity index (χ0n) is 15.3. The smallest absolute Gasteiger partial charge is 0.315 e. The van der Waals surface area contributed by atoms with Crippen LogP contribution >= 0.6 is 0 Å². The lowest BCUT2D eigenvalue weighted by Gasteiger charge is -2.24. The zero-order valence-corrected chi connectivity index (χ0v) is 15.3. The van der Waals surface area contributed by atoms with Crippen molar-refractivity contribution in [3.63, 3.8) is 0 Å². The van der Waals surface area contributed by atoms with Gasteiger partial charge >= 0.3 is 6.03 Å². The molecule has 0 aromatic carbocycles. The lowest BCUT2D eigenvalue weighted by atomic mass is 9.97. The van der Waals surface area contributed by atoms with Gasteiger partial charge in [-0.2, -0.15) is 5.10 Å². The first-order valence-corrected chi connectivity index (χ1v) is 8.28. The minimum atomic E-state index is -0.200. The Morgan fingerprint density at radius 2 is 1.92 bits per heavy atom. The highest BCUT2D eigenvalue weighted by Crippen LogP contribution is 2.23. The van der Waals surface area contributed by atoms with E-state index >= 15 is 0 Å². The molecule has 6 heteroatoms. The molecule has 0 saturated heterocycles. The molecule has 2 aromatic heterocycles. The summed E-state index contributed by atoms with van der Waals surface area (Å²) in [5, 5.41) is 10.4. The predicted octanol–water partition coefficient (Wildman–Crippen LogP) is 3.19. The Labute approximate surface area is 143 Å². The fraction of sp³-hybridized carbons (Fsp3) is 0.500. The van der Waals surface area contributed by atoms with E-state index in [4.69, 9.17) is 0 Å². The van der Waals surface area contributed by atoms with E-state index < -0.39 is 0 Å². The molecule has 6 nitrogen and oxygen atoms in total. The van der Waals surface area contributed by atoms with Crippen LogP contribution in [-0.2, 0) is 7.05 Å². The van der Waals surface area contributed by atoms with Crippen molar-refractivity contribution in [3.8, 4) is 0 Å². The summed E-state index contributed by atoms with van der Waals surface area (Å²) in [6.07, 6.45) is 3.70. The van der Waals surface area contributed by atoms with Crippen molar-refractivity contribution in [1.29, 1.82) is 0 Å². The van der Waals surface area contributed by atoms with Gasteiger partial charge in [0.25, 0.3) is 0 Å². The molecular formula is C18H27N5O. The summed E-state index contributed by atoms with van der Waals surface area (Å²) in [5.41, 5.74) is 3.93. The molecule has 0 fully saturated rings. The number of hydrogen-bond donors (Lipinski definition) is 2. The van der Waals surface area contributed by atoms with Gasteiger partial charge in [0.1, 0.15) is 0 Å². The van der Waals surface area contributed by atoms with Crippen LogP contribution in [0.5, 0.6) is 0 Å². The van der Waals surface area contributed by atoms with Crippen LogP contribution in [0.15, 0.2) is 24.5 Å². The molecule has 2 amide bonds. The molecule has 2 atom stereocenters. The van der Waals surface area contributed by atoms with Crippen molar-refractivity contribution >= 4 is 6.03 Å². The average Bonchev–Trinajstić information content (AvgIpc) is 2.84. The van der Waals surface area contributed by atoms with Crippen molar-refractivity contribution < 1.29 is 4.79 Å². The molecule has 2 heterocycles. The van der Waals surface area contributed by atoms with Gasteiger partial charge in [-0.15, -0.1) is 0 Å². The number of nitrogens with zero attached hydrogens (tertiary/aromatic N) is 3. The first-order valence-electron chi connectivity index (χ1n) is 8.28. The van der Waals surface area contributed by atoms with Gasteiger partial charge < -0.3 is 10.6 Å². The standard InChI is InChI=1S/C18H27N5O/c1-11(2)16(17-12(3)8-7-9-19-17)21-18(24)20-13(4)15-10-23(6)22-14(15)5/h7-11,13,16H,1-6H3,(H2,20,21,24). The largest absolute Gasteiger partial charge is 0.332 e. The number of amides is 2. The van der Waals surface area contributed by atoms with E-state index in [9.17, 15) is 4.79 Å². The van der Waals surface area contributed by atoms with Crippen molar-refractivity contribution in [2.45, 2.75) is 46.7 Å². The molecule has 0 radical (unpaired) electrons. The van der Waals surface area contributed by atoms with E-state index in [1.54, 1.807) is 10.9 Å². The first-order chi connectivity index (χ1) is 11.3. The Hall–Kier alpha value is -2.37. The topological polar surface area (TPSA) is 71.8 Å². The molecule has 0 aliphatic heterocycles. The van der Waals surface area contributed by atoms with Gasteiger partial charge in [-0.1, -0.05) is 19.9 Å². The van der Waals surface area contributed by atoms with E-state index in [-0.39, 0.29) is 24.0 Å². The quantitative estimate of drug-likeness (QED) is 0.885. The number of pyridine rings is 1. The lowest BCUT2D eigenvalue weighted by molar-refractivity contribution is 0.229. The average molecular weight is 329 g/mol. The van der Waals surface area contributed by atoms with Crippen molar-refractivity contribution in [2.24, 2.45) is 13.0 Å². The summed E-state index contributed by atoms with van der Waals surface area (Å²) in [6.45, 7) is 10.1. The summed E-state index contributed by atoms with van der Waals surface area (Å²) in [4.78, 5) is 16.9. The van der Waals surface area contributed by atoms with Gasteiger partial charge in [0.15, 0.2) is 0 Å². The van der Waals surface area contributed by atoms with E-state index in [1.165, 1.54) is 0 Å². The third-order valence-corrected chi connectivity index (χ3v) is 4.16. The number of carbonyl (C=O) groups excluding carboxylic acids is 1. The molecule has 2 N–H and O–H groups in total. The maximum absolute atomic E-state index is 12.5. The first kappa shape index (κ1) is 18.0. The van der Waals surface area contributed by atoms with Gasteiger partial charge in [0.2, 0.25) is 0 Å². The molecule has 2 rings (SSSR count). The van der Waals surface area contributed by atoms with E-state index in [0.717, 1.165) is 22.5 Å². The maximum Gasteiger partial charge on any atom is 0.315 e. The normalized spacial score (nSPS) is 13.6. The highest BCUT2D eigenvalue weighted by Gasteiger charge is 2.22. The van der Waals surface area contributed by atoms with Crippen LogP contribution in [0, 0.1) is 19.8 Å². The third kappa shape index (κ3) is 4.13. The van der Waals surface area contributed by atoms with Gasteiger partial charge in [-0.05, 0) is 38.3 Å². The van der Waals surface area contributed by atoms with Crippen molar-refractivity contribution in [1.82, 2.24) is 25.4 Å². The van der Waals surface area contributed by atoms with Crippen LogP contribution in [-0.4, -0.2) is 20.8 Å². The maximum atomic E-state index is 12.5. The van der Waals surface area contributed by atoms with Crippen molar-refractivity contribution in [2.75, 3.05) is 0 Å². The Morgan fingerprint density at radius 3 is 2.46 bits per heavy atom. The number of nitrogens with one attached hydrogen (secondary N) is 2. The molecule has 0 aliphatic rings. The molecule has 0 saturated carbocycles. The molecule has 0 spiro atoms. The second-order valence-corrected chi connectivity index (χ2v) is 6.61. The SMILES string of the molecule is Cc1cccnc1C(NC(=O)NC(C)c1cn(C)nc1C)C(C)C. The van der Waals surface area contributed by atoms with Crippen LogP contribution in [0.4, 0.5) is 4.79 Å². The molecule has 0 bridgehead atoms. The number of aryl methyl sites for hydroxylation is 3. The van der Waals surface area contributed by atoms with Gasteiger partial charge in [0.05, 0.1) is 23.5 Å². The van der Waals surface area contributed by atoms with Crippen LogP contribution in [0.1, 0.15) is 55.4 Å². The van der Waals surface area contributed by atoms with E-state index in [0.29, 0.717) is 0 Å². The highest BCUT2D eigenvalue weighted by atomic mass is 16.2. The second-order valence-electron chi connectivity index (χ2n) is 6.61. The zero-order chi connectivity index (χ0) is 17.9. The van der Waals surface area contributed by atoms with E-state index in [1.807, 2.05) is 46.1 Å². The summed E-state index contributed by atoms with van der Waals surface area (Å²) in [5.74, 6) is 0.236. The monoisotopic (exact) mass is 329 g/mol. The Kier molecular flexibility index (Phi) is 5.59. The van der Waals surface area contributed by atoms with Crippen LogP contribution in [0.3, 0.4) is 0 Å². The van der Waals surface area contributed by atoms with Crippen LogP contribution in [0.25, 0.3) is 0 Å². The molecule has 0 aliphatic carbocycles. The fourth-order valence-electron chi connectivity index (χ4n) is 2.87. The molecular weight excluding hydrogens is 302 g/mol. The van der Waals surface area contributed by atoms with Gasteiger partial charge in [-0.3, -0.25) is 9.67 Å². The number of hydrogen-bond acceptors (Lipinski definition) is 3. The van der Waals surface area contributed by atoms with Crippen molar-refractivity contribution in [3.05, 3.63) is 47.0 Å². The summed E-state index contributed by atoms with van der Waals surface area (Å²) < 4.78 is 1.76. The van der Waals surface area contributed by atoms with E-state index in [2.05, 4.69) is 34.6 Å². The summed E-state index contributed by atoms with van der Waals surface area (Å²) in [7, 11) is 1.88. The number of rotatable bonds is 5.